The van der Waals surface area contributed by atoms with Crippen LogP contribution in [-0.4, -0.2) is 19.2 Å². The average molecular weight is 225 g/mol. The van der Waals surface area contributed by atoms with Gasteiger partial charge in [0.15, 0.2) is 0 Å². The molecule has 90 valence electrons. The topological polar surface area (TPSA) is 21.3 Å². The molecule has 0 aliphatic carbocycles. The summed E-state index contributed by atoms with van der Waals surface area (Å²) >= 11 is 0. The van der Waals surface area contributed by atoms with Crippen LogP contribution in [0.15, 0.2) is 24.3 Å². The minimum atomic E-state index is -0.237. The minimum Gasteiger partial charge on any atom is -0.492 e. The minimum absolute atomic E-state index is 0.237. The van der Waals surface area contributed by atoms with Crippen molar-refractivity contribution in [2.24, 2.45) is 5.92 Å². The maximum atomic E-state index is 12.6. The first-order chi connectivity index (χ1) is 7.59. The second-order valence-corrected chi connectivity index (χ2v) is 4.29. The van der Waals surface area contributed by atoms with Gasteiger partial charge in [0.1, 0.15) is 18.2 Å². The average Bonchev–Trinajstić information content (AvgIpc) is 2.26. The second-order valence-electron chi connectivity index (χ2n) is 4.29. The molecule has 0 heterocycles. The zero-order valence-electron chi connectivity index (χ0n) is 10.2. The highest BCUT2D eigenvalue weighted by Gasteiger charge is 2.04. The summed E-state index contributed by atoms with van der Waals surface area (Å²) < 4.78 is 18.1. The van der Waals surface area contributed by atoms with Crippen LogP contribution in [0, 0.1) is 11.7 Å². The Morgan fingerprint density at radius 1 is 1.19 bits per heavy atom. The summed E-state index contributed by atoms with van der Waals surface area (Å²) in [5.41, 5.74) is 0. The largest absolute Gasteiger partial charge is 0.492 e. The Labute approximate surface area is 96.8 Å². The molecule has 1 aromatic rings. The van der Waals surface area contributed by atoms with Gasteiger partial charge in [-0.25, -0.2) is 4.39 Å². The Morgan fingerprint density at radius 3 is 2.38 bits per heavy atom. The maximum absolute atomic E-state index is 12.6. The highest BCUT2D eigenvalue weighted by atomic mass is 19.1. The molecule has 1 unspecified atom stereocenters. The number of hydrogen-bond acceptors (Lipinski definition) is 2. The third-order valence-corrected chi connectivity index (χ3v) is 2.65. The van der Waals surface area contributed by atoms with Crippen molar-refractivity contribution in [2.75, 3.05) is 13.2 Å². The summed E-state index contributed by atoms with van der Waals surface area (Å²) in [6, 6.07) is 6.57. The summed E-state index contributed by atoms with van der Waals surface area (Å²) in [5, 5.41) is 3.36. The molecule has 0 amide bonds. The highest BCUT2D eigenvalue weighted by Crippen LogP contribution is 2.10. The zero-order chi connectivity index (χ0) is 12.0. The van der Waals surface area contributed by atoms with Crippen LogP contribution in [0.5, 0.6) is 5.75 Å². The molecule has 2 nitrogen and oxygen atoms in total. The summed E-state index contributed by atoms with van der Waals surface area (Å²) in [6.07, 6.45) is 0. The molecule has 1 rings (SSSR count). The Bertz CT molecular complexity index is 297. The Hall–Kier alpha value is -1.09. The number of ether oxygens (including phenoxy) is 1. The van der Waals surface area contributed by atoms with Crippen molar-refractivity contribution in [1.82, 2.24) is 5.32 Å². The SMILES string of the molecule is CC(C)C(C)NCCOc1ccc(F)cc1. The van der Waals surface area contributed by atoms with Crippen molar-refractivity contribution in [1.29, 1.82) is 0 Å². The highest BCUT2D eigenvalue weighted by molar-refractivity contribution is 5.21. The van der Waals surface area contributed by atoms with Crippen molar-refractivity contribution in [3.05, 3.63) is 30.1 Å². The first-order valence-corrected chi connectivity index (χ1v) is 5.71. The van der Waals surface area contributed by atoms with Gasteiger partial charge in [0.05, 0.1) is 0 Å². The summed E-state index contributed by atoms with van der Waals surface area (Å²) in [5.74, 6) is 1.09. The smallest absolute Gasteiger partial charge is 0.123 e. The van der Waals surface area contributed by atoms with E-state index in [2.05, 4.69) is 26.1 Å². The van der Waals surface area contributed by atoms with Crippen LogP contribution >= 0.6 is 0 Å². The number of halogens is 1. The van der Waals surface area contributed by atoms with Gasteiger partial charge in [-0.3, -0.25) is 0 Å². The quantitative estimate of drug-likeness (QED) is 0.752. The van der Waals surface area contributed by atoms with Crippen LogP contribution in [-0.2, 0) is 0 Å². The lowest BCUT2D eigenvalue weighted by Crippen LogP contribution is -2.33. The molecule has 0 spiro atoms. The molecular weight excluding hydrogens is 205 g/mol. The van der Waals surface area contributed by atoms with Gasteiger partial charge in [0.2, 0.25) is 0 Å². The van der Waals surface area contributed by atoms with E-state index in [0.29, 0.717) is 24.3 Å². The van der Waals surface area contributed by atoms with Crippen LogP contribution in [0.4, 0.5) is 4.39 Å². The van der Waals surface area contributed by atoms with Gasteiger partial charge in [0, 0.05) is 12.6 Å². The Kier molecular flexibility index (Phi) is 5.26. The zero-order valence-corrected chi connectivity index (χ0v) is 10.2. The van der Waals surface area contributed by atoms with Crippen molar-refractivity contribution >= 4 is 0 Å². The van der Waals surface area contributed by atoms with E-state index in [-0.39, 0.29) is 5.82 Å². The monoisotopic (exact) mass is 225 g/mol. The van der Waals surface area contributed by atoms with E-state index in [1.165, 1.54) is 12.1 Å². The van der Waals surface area contributed by atoms with Crippen molar-refractivity contribution in [2.45, 2.75) is 26.8 Å². The molecule has 0 saturated carbocycles. The third kappa shape index (κ3) is 4.62. The van der Waals surface area contributed by atoms with E-state index in [1.54, 1.807) is 12.1 Å². The molecule has 3 heteroatoms. The Balaban J connectivity index is 2.18. The predicted octanol–water partition coefficient (Wildman–Crippen LogP) is 2.84. The summed E-state index contributed by atoms with van der Waals surface area (Å²) in [4.78, 5) is 0. The van der Waals surface area contributed by atoms with Crippen molar-refractivity contribution in [3.63, 3.8) is 0 Å². The van der Waals surface area contributed by atoms with Gasteiger partial charge >= 0.3 is 0 Å². The first-order valence-electron chi connectivity index (χ1n) is 5.71. The molecule has 0 aliphatic rings. The third-order valence-electron chi connectivity index (χ3n) is 2.65. The van der Waals surface area contributed by atoms with Crippen molar-refractivity contribution in [3.8, 4) is 5.75 Å². The van der Waals surface area contributed by atoms with E-state index < -0.39 is 0 Å². The number of hydrogen-bond donors (Lipinski definition) is 1. The molecule has 16 heavy (non-hydrogen) atoms. The van der Waals surface area contributed by atoms with Crippen LogP contribution in [0.3, 0.4) is 0 Å². The van der Waals surface area contributed by atoms with Gasteiger partial charge in [-0.05, 0) is 37.1 Å². The van der Waals surface area contributed by atoms with Crippen molar-refractivity contribution < 1.29 is 9.13 Å². The summed E-state index contributed by atoms with van der Waals surface area (Å²) in [6.45, 7) is 7.92. The van der Waals surface area contributed by atoms with Gasteiger partial charge in [-0.1, -0.05) is 13.8 Å². The van der Waals surface area contributed by atoms with E-state index >= 15 is 0 Å². The fourth-order valence-corrected chi connectivity index (χ4v) is 1.22. The lowest BCUT2D eigenvalue weighted by Gasteiger charge is -2.17. The number of rotatable bonds is 6. The van der Waals surface area contributed by atoms with Gasteiger partial charge in [-0.15, -0.1) is 0 Å². The van der Waals surface area contributed by atoms with Gasteiger partial charge in [0.25, 0.3) is 0 Å². The van der Waals surface area contributed by atoms with Crippen LogP contribution in [0.25, 0.3) is 0 Å². The number of nitrogens with one attached hydrogen (secondary N) is 1. The maximum Gasteiger partial charge on any atom is 0.123 e. The molecule has 0 aromatic heterocycles. The van der Waals surface area contributed by atoms with Crippen LogP contribution < -0.4 is 10.1 Å². The van der Waals surface area contributed by atoms with Gasteiger partial charge in [-0.2, -0.15) is 0 Å². The molecule has 1 aromatic carbocycles. The van der Waals surface area contributed by atoms with E-state index in [0.717, 1.165) is 6.54 Å². The molecule has 1 N–H and O–H groups in total. The predicted molar refractivity (Wildman–Crippen MR) is 64.2 cm³/mol. The molecule has 0 radical (unpaired) electrons. The standard InChI is InChI=1S/C13H20FNO/c1-10(2)11(3)15-8-9-16-13-6-4-12(14)5-7-13/h4-7,10-11,15H,8-9H2,1-3H3. The molecule has 0 bridgehead atoms. The van der Waals surface area contributed by atoms with Crippen LogP contribution in [0.1, 0.15) is 20.8 Å². The normalized spacial score (nSPS) is 12.8. The van der Waals surface area contributed by atoms with E-state index in [4.69, 9.17) is 4.74 Å². The van der Waals surface area contributed by atoms with E-state index in [1.807, 2.05) is 0 Å². The second kappa shape index (κ2) is 6.48. The lowest BCUT2D eigenvalue weighted by molar-refractivity contribution is 0.296. The number of benzene rings is 1. The molecular formula is C13H20FNO. The fourth-order valence-electron chi connectivity index (χ4n) is 1.22. The van der Waals surface area contributed by atoms with Crippen LogP contribution in [0.2, 0.25) is 0 Å². The molecule has 0 fully saturated rings. The fraction of sp³-hybridized carbons (Fsp3) is 0.538. The molecule has 0 saturated heterocycles. The first kappa shape index (κ1) is 13.0. The van der Waals surface area contributed by atoms with Gasteiger partial charge < -0.3 is 10.1 Å². The van der Waals surface area contributed by atoms with E-state index in [9.17, 15) is 4.39 Å². The lowest BCUT2D eigenvalue weighted by atomic mass is 10.1. The molecule has 0 aliphatic heterocycles. The Morgan fingerprint density at radius 2 is 1.81 bits per heavy atom. The summed E-state index contributed by atoms with van der Waals surface area (Å²) in [7, 11) is 0. The molecule has 1 atom stereocenters.